The second kappa shape index (κ2) is 8.29. The van der Waals surface area contributed by atoms with Gasteiger partial charge in [-0.15, -0.1) is 0 Å². The summed E-state index contributed by atoms with van der Waals surface area (Å²) in [4.78, 5) is 26.9. The summed E-state index contributed by atoms with van der Waals surface area (Å²) < 4.78 is 30.4. The van der Waals surface area contributed by atoms with Gasteiger partial charge >= 0.3 is 5.97 Å². The van der Waals surface area contributed by atoms with Crippen LogP contribution in [0.25, 0.3) is 0 Å². The lowest BCUT2D eigenvalue weighted by Gasteiger charge is -2.44. The Bertz CT molecular complexity index is 806. The molecule has 0 unspecified atom stereocenters. The van der Waals surface area contributed by atoms with Crippen LogP contribution >= 0.6 is 0 Å². The molecule has 7 nitrogen and oxygen atoms in total. The van der Waals surface area contributed by atoms with Crippen LogP contribution in [-0.2, 0) is 19.6 Å². The van der Waals surface area contributed by atoms with Crippen molar-refractivity contribution < 1.29 is 22.7 Å². The number of piperidine rings is 1. The minimum Gasteiger partial charge on any atom is -0.452 e. The second-order valence-electron chi connectivity index (χ2n) is 7.34. The molecule has 0 radical (unpaired) electrons. The van der Waals surface area contributed by atoms with E-state index in [-0.39, 0.29) is 29.8 Å². The molecule has 8 heteroatoms. The van der Waals surface area contributed by atoms with Crippen molar-refractivity contribution in [1.82, 2.24) is 4.90 Å². The van der Waals surface area contributed by atoms with Crippen molar-refractivity contribution in [2.24, 2.45) is 5.92 Å². The van der Waals surface area contributed by atoms with Crippen LogP contribution < -0.4 is 4.72 Å². The van der Waals surface area contributed by atoms with Gasteiger partial charge in [0, 0.05) is 12.6 Å². The highest BCUT2D eigenvalue weighted by Crippen LogP contribution is 2.35. The number of fused-ring (bicyclic) bond motifs is 1. The summed E-state index contributed by atoms with van der Waals surface area (Å²) in [5, 5.41) is 0. The lowest BCUT2D eigenvalue weighted by Crippen LogP contribution is -2.50. The third-order valence-electron chi connectivity index (χ3n) is 5.33. The molecule has 0 bridgehead atoms. The van der Waals surface area contributed by atoms with Crippen LogP contribution in [0.3, 0.4) is 0 Å². The van der Waals surface area contributed by atoms with Crippen molar-refractivity contribution in [3.8, 4) is 0 Å². The molecule has 0 spiro atoms. The molecule has 1 aliphatic heterocycles. The van der Waals surface area contributed by atoms with Crippen molar-refractivity contribution in [2.75, 3.05) is 24.1 Å². The number of ether oxygens (including phenoxy) is 1. The lowest BCUT2D eigenvalue weighted by atomic mass is 9.78. The van der Waals surface area contributed by atoms with Gasteiger partial charge in [0.15, 0.2) is 6.61 Å². The zero-order valence-corrected chi connectivity index (χ0v) is 16.3. The number of hydrogen-bond acceptors (Lipinski definition) is 5. The highest BCUT2D eigenvalue weighted by atomic mass is 32.2. The van der Waals surface area contributed by atoms with Gasteiger partial charge in [0.25, 0.3) is 5.91 Å². The Kier molecular flexibility index (Phi) is 6.04. The van der Waals surface area contributed by atoms with Crippen LogP contribution in [0, 0.1) is 5.92 Å². The Hall–Kier alpha value is -2.09. The molecule has 1 aliphatic carbocycles. The van der Waals surface area contributed by atoms with Crippen molar-refractivity contribution in [3.05, 3.63) is 29.8 Å². The Morgan fingerprint density at radius 3 is 2.63 bits per heavy atom. The first-order valence-electron chi connectivity index (χ1n) is 9.38. The Balaban J connectivity index is 1.63. The van der Waals surface area contributed by atoms with Gasteiger partial charge in [-0.3, -0.25) is 9.52 Å². The molecule has 1 aromatic carbocycles. The topological polar surface area (TPSA) is 92.8 Å². The van der Waals surface area contributed by atoms with Gasteiger partial charge in [-0.25, -0.2) is 13.2 Å². The molecule has 1 saturated heterocycles. The van der Waals surface area contributed by atoms with Crippen molar-refractivity contribution in [2.45, 2.75) is 44.6 Å². The van der Waals surface area contributed by atoms with E-state index in [2.05, 4.69) is 4.72 Å². The van der Waals surface area contributed by atoms with E-state index >= 15 is 0 Å². The van der Waals surface area contributed by atoms with Crippen LogP contribution in [-0.4, -0.2) is 50.6 Å². The number of likely N-dealkylation sites (tertiary alicyclic amines) is 1. The van der Waals surface area contributed by atoms with E-state index in [4.69, 9.17) is 4.74 Å². The first-order chi connectivity index (χ1) is 12.8. The summed E-state index contributed by atoms with van der Waals surface area (Å²) in [6, 6.07) is 6.45. The molecule has 0 aromatic heterocycles. The van der Waals surface area contributed by atoms with Gasteiger partial charge in [-0.2, -0.15) is 0 Å². The van der Waals surface area contributed by atoms with E-state index < -0.39 is 16.0 Å². The van der Waals surface area contributed by atoms with Gasteiger partial charge < -0.3 is 9.64 Å². The van der Waals surface area contributed by atoms with E-state index in [0.29, 0.717) is 12.5 Å². The Morgan fingerprint density at radius 1 is 1.15 bits per heavy atom. The van der Waals surface area contributed by atoms with Crippen LogP contribution in [0.2, 0.25) is 0 Å². The molecule has 1 heterocycles. The highest BCUT2D eigenvalue weighted by molar-refractivity contribution is 7.92. The molecule has 1 N–H and O–H groups in total. The summed E-state index contributed by atoms with van der Waals surface area (Å²) in [6.45, 7) is 0.388. The normalized spacial score (nSPS) is 22.6. The quantitative estimate of drug-likeness (QED) is 0.774. The zero-order chi connectivity index (χ0) is 19.4. The SMILES string of the molecule is CS(=O)(=O)Nc1ccccc1C(=O)OCC(=O)N1CCC[C@H]2CCCC[C@H]21. The largest absolute Gasteiger partial charge is 0.452 e. The van der Waals surface area contributed by atoms with E-state index in [0.717, 1.165) is 25.5 Å². The van der Waals surface area contributed by atoms with Crippen molar-refractivity contribution in [1.29, 1.82) is 0 Å². The molecule has 2 atom stereocenters. The molecular weight excluding hydrogens is 368 g/mol. The molecule has 1 aromatic rings. The van der Waals surface area contributed by atoms with E-state index in [9.17, 15) is 18.0 Å². The van der Waals surface area contributed by atoms with Crippen LogP contribution in [0.1, 0.15) is 48.9 Å². The summed E-state index contributed by atoms with van der Waals surface area (Å²) in [6.07, 6.45) is 7.71. The number of esters is 1. The van der Waals surface area contributed by atoms with E-state index in [1.807, 2.05) is 4.90 Å². The average molecular weight is 394 g/mol. The molecule has 2 aliphatic rings. The summed E-state index contributed by atoms with van der Waals surface area (Å²) in [5.74, 6) is -0.326. The van der Waals surface area contributed by atoms with Crippen LogP contribution in [0.5, 0.6) is 0 Å². The number of hydrogen-bond donors (Lipinski definition) is 1. The maximum atomic E-state index is 12.6. The van der Waals surface area contributed by atoms with Crippen molar-refractivity contribution >= 4 is 27.6 Å². The molecule has 27 heavy (non-hydrogen) atoms. The number of rotatable bonds is 5. The van der Waals surface area contributed by atoms with Crippen molar-refractivity contribution in [3.63, 3.8) is 0 Å². The highest BCUT2D eigenvalue weighted by Gasteiger charge is 2.35. The van der Waals surface area contributed by atoms with Gasteiger partial charge in [-0.1, -0.05) is 25.0 Å². The minimum atomic E-state index is -3.53. The fraction of sp³-hybridized carbons (Fsp3) is 0.579. The maximum Gasteiger partial charge on any atom is 0.340 e. The molecule has 1 amide bonds. The number of para-hydroxylation sites is 1. The molecule has 2 fully saturated rings. The predicted octanol–water partition coefficient (Wildman–Crippen LogP) is 2.40. The molecular formula is C19H26N2O5S. The number of anilines is 1. The van der Waals surface area contributed by atoms with Crippen LogP contribution in [0.15, 0.2) is 24.3 Å². The lowest BCUT2D eigenvalue weighted by molar-refractivity contribution is -0.140. The summed E-state index contributed by atoms with van der Waals surface area (Å²) in [5.41, 5.74) is 0.229. The standard InChI is InChI=1S/C19H26N2O5S/c1-27(24,25)20-16-10-4-3-9-15(16)19(23)26-13-18(22)21-12-6-8-14-7-2-5-11-17(14)21/h3-4,9-10,14,17,20H,2,5-8,11-13H2,1H3/t14-,17-/m1/s1. The number of carbonyl (C=O) groups excluding carboxylic acids is 2. The van der Waals surface area contributed by atoms with E-state index in [1.54, 1.807) is 12.1 Å². The molecule has 148 valence electrons. The number of nitrogens with one attached hydrogen (secondary N) is 1. The smallest absolute Gasteiger partial charge is 0.340 e. The first kappa shape index (κ1) is 19.7. The number of sulfonamides is 1. The monoisotopic (exact) mass is 394 g/mol. The third-order valence-corrected chi connectivity index (χ3v) is 5.92. The maximum absolute atomic E-state index is 12.6. The second-order valence-corrected chi connectivity index (χ2v) is 9.09. The average Bonchev–Trinajstić information content (AvgIpc) is 2.64. The minimum absolute atomic E-state index is 0.0879. The molecule has 1 saturated carbocycles. The zero-order valence-electron chi connectivity index (χ0n) is 15.5. The Labute approximate surface area is 160 Å². The predicted molar refractivity (Wildman–Crippen MR) is 102 cm³/mol. The summed E-state index contributed by atoms with van der Waals surface area (Å²) >= 11 is 0. The molecule has 3 rings (SSSR count). The fourth-order valence-corrected chi connectivity index (χ4v) is 4.75. The summed E-state index contributed by atoms with van der Waals surface area (Å²) in [7, 11) is -3.53. The fourth-order valence-electron chi connectivity index (χ4n) is 4.17. The Morgan fingerprint density at radius 2 is 1.85 bits per heavy atom. The number of nitrogens with zero attached hydrogens (tertiary/aromatic N) is 1. The van der Waals surface area contributed by atoms with Crippen LogP contribution in [0.4, 0.5) is 5.69 Å². The van der Waals surface area contributed by atoms with E-state index in [1.165, 1.54) is 31.4 Å². The number of carbonyl (C=O) groups is 2. The van der Waals surface area contributed by atoms with Gasteiger partial charge in [0.1, 0.15) is 0 Å². The number of amides is 1. The number of benzene rings is 1. The van der Waals surface area contributed by atoms with Gasteiger partial charge in [0.05, 0.1) is 17.5 Å². The van der Waals surface area contributed by atoms with Gasteiger partial charge in [0.2, 0.25) is 10.0 Å². The van der Waals surface area contributed by atoms with Gasteiger partial charge in [-0.05, 0) is 43.7 Å². The first-order valence-corrected chi connectivity index (χ1v) is 11.3. The third kappa shape index (κ3) is 5.00.